The molecule has 9 heteroatoms. The Morgan fingerprint density at radius 2 is 1.90 bits per heavy atom. The average Bonchev–Trinajstić information content (AvgIpc) is 3.29. The van der Waals surface area contributed by atoms with E-state index in [0.29, 0.717) is 37.9 Å². The number of hydrogen-bond donors (Lipinski definition) is 1. The van der Waals surface area contributed by atoms with Crippen molar-refractivity contribution in [2.45, 2.75) is 38.0 Å². The van der Waals surface area contributed by atoms with E-state index in [-0.39, 0.29) is 16.9 Å². The van der Waals surface area contributed by atoms with Gasteiger partial charge >= 0.3 is 0 Å². The third-order valence-electron chi connectivity index (χ3n) is 7.00. The fourth-order valence-electron chi connectivity index (χ4n) is 5.19. The van der Waals surface area contributed by atoms with Crippen molar-refractivity contribution in [2.75, 3.05) is 44.3 Å². The summed E-state index contributed by atoms with van der Waals surface area (Å²) < 4.78 is 7.22. The molecule has 0 bridgehead atoms. The zero-order chi connectivity index (χ0) is 20.9. The van der Waals surface area contributed by atoms with E-state index in [4.69, 9.17) is 9.72 Å². The van der Waals surface area contributed by atoms with Crippen LogP contribution in [0.4, 0.5) is 5.95 Å². The number of piperidine rings is 1. The highest BCUT2D eigenvalue weighted by Crippen LogP contribution is 2.44. The van der Waals surface area contributed by atoms with E-state index in [9.17, 15) is 9.59 Å². The zero-order valence-electron chi connectivity index (χ0n) is 17.6. The Labute approximate surface area is 175 Å². The van der Waals surface area contributed by atoms with Gasteiger partial charge in [-0.3, -0.25) is 14.6 Å². The second kappa shape index (κ2) is 7.23. The quantitative estimate of drug-likeness (QED) is 0.783. The molecule has 2 aliphatic heterocycles. The minimum atomic E-state index is -0.108. The van der Waals surface area contributed by atoms with Crippen molar-refractivity contribution in [1.29, 1.82) is 0 Å². The van der Waals surface area contributed by atoms with Crippen molar-refractivity contribution < 1.29 is 9.53 Å². The summed E-state index contributed by atoms with van der Waals surface area (Å²) in [5.74, 6) is 0.695. The summed E-state index contributed by atoms with van der Waals surface area (Å²) in [6.07, 6.45) is 5.04. The molecule has 30 heavy (non-hydrogen) atoms. The van der Waals surface area contributed by atoms with Gasteiger partial charge in [0.15, 0.2) is 0 Å². The lowest BCUT2D eigenvalue weighted by molar-refractivity contribution is 0.0653. The number of morpholine rings is 1. The van der Waals surface area contributed by atoms with E-state index in [2.05, 4.69) is 14.9 Å². The van der Waals surface area contributed by atoms with Crippen LogP contribution in [0.15, 0.2) is 11.1 Å². The van der Waals surface area contributed by atoms with Crippen LogP contribution in [0.1, 0.15) is 46.7 Å². The number of fused-ring (bicyclic) bond motifs is 2. The standard InChI is InChI=1S/C21H28N6O3/c1-14-16(25(2)13-22-14)19(29)26-7-5-21(6-8-26)4-3-15-17(21)23-20(24-18(15)28)27-9-11-30-12-10-27/h13H,3-12H2,1-2H3,(H,23,24,28). The van der Waals surface area contributed by atoms with Crippen LogP contribution in [0.25, 0.3) is 0 Å². The molecule has 2 aromatic rings. The lowest BCUT2D eigenvalue weighted by Gasteiger charge is -2.39. The maximum atomic E-state index is 13.0. The molecule has 0 radical (unpaired) electrons. The van der Waals surface area contributed by atoms with E-state index in [1.165, 1.54) is 0 Å². The minimum Gasteiger partial charge on any atom is -0.378 e. The van der Waals surface area contributed by atoms with Crippen LogP contribution in [-0.4, -0.2) is 69.7 Å². The highest BCUT2D eigenvalue weighted by Gasteiger charge is 2.45. The Hall–Kier alpha value is -2.68. The number of imidazole rings is 1. The van der Waals surface area contributed by atoms with E-state index in [0.717, 1.165) is 55.7 Å². The largest absolute Gasteiger partial charge is 0.378 e. The number of carbonyl (C=O) groups excluding carboxylic acids is 1. The van der Waals surface area contributed by atoms with Crippen molar-refractivity contribution in [1.82, 2.24) is 24.4 Å². The van der Waals surface area contributed by atoms with Crippen LogP contribution in [0.5, 0.6) is 0 Å². The molecule has 0 saturated carbocycles. The molecule has 0 aromatic carbocycles. The first-order chi connectivity index (χ1) is 14.5. The molecule has 2 aromatic heterocycles. The molecule has 9 nitrogen and oxygen atoms in total. The predicted octanol–water partition coefficient (Wildman–Crippen LogP) is 0.769. The number of ether oxygens (including phenoxy) is 1. The topological polar surface area (TPSA) is 96.3 Å². The maximum absolute atomic E-state index is 13.0. The van der Waals surface area contributed by atoms with Gasteiger partial charge in [-0.15, -0.1) is 0 Å². The number of rotatable bonds is 2. The normalized spacial score (nSPS) is 20.6. The molecular formula is C21H28N6O3. The van der Waals surface area contributed by atoms with Crippen LogP contribution >= 0.6 is 0 Å². The monoisotopic (exact) mass is 412 g/mol. The van der Waals surface area contributed by atoms with Crippen LogP contribution in [0, 0.1) is 6.92 Å². The van der Waals surface area contributed by atoms with Gasteiger partial charge in [-0.2, -0.15) is 0 Å². The summed E-state index contributed by atoms with van der Waals surface area (Å²) >= 11 is 0. The SMILES string of the molecule is Cc1ncn(C)c1C(=O)N1CCC2(CCc3c2nc(N2CCOCC2)[nH]c3=O)CC1. The first kappa shape index (κ1) is 19.3. The van der Waals surface area contributed by atoms with Crippen LogP contribution < -0.4 is 10.5 Å². The van der Waals surface area contributed by atoms with Gasteiger partial charge in [0.25, 0.3) is 11.5 Å². The smallest absolute Gasteiger partial charge is 0.272 e. The van der Waals surface area contributed by atoms with E-state index < -0.39 is 0 Å². The molecule has 1 aliphatic carbocycles. The number of likely N-dealkylation sites (tertiary alicyclic amines) is 1. The Morgan fingerprint density at radius 1 is 1.17 bits per heavy atom. The molecule has 1 amide bonds. The van der Waals surface area contributed by atoms with Gasteiger partial charge < -0.3 is 19.1 Å². The average molecular weight is 412 g/mol. The summed E-state index contributed by atoms with van der Waals surface area (Å²) in [7, 11) is 1.86. The van der Waals surface area contributed by atoms with Crippen molar-refractivity contribution in [3.63, 3.8) is 0 Å². The molecule has 0 unspecified atom stereocenters. The third kappa shape index (κ3) is 3.03. The predicted molar refractivity (Wildman–Crippen MR) is 111 cm³/mol. The summed E-state index contributed by atoms with van der Waals surface area (Å²) in [5, 5.41) is 0. The molecule has 1 N–H and O–H groups in total. The van der Waals surface area contributed by atoms with Crippen molar-refractivity contribution in [3.8, 4) is 0 Å². The van der Waals surface area contributed by atoms with Gasteiger partial charge in [-0.1, -0.05) is 0 Å². The number of hydrogen-bond acceptors (Lipinski definition) is 6. The first-order valence-corrected chi connectivity index (χ1v) is 10.7. The Kier molecular flexibility index (Phi) is 4.65. The summed E-state index contributed by atoms with van der Waals surface area (Å²) in [6, 6.07) is 0. The van der Waals surface area contributed by atoms with Crippen molar-refractivity contribution in [3.05, 3.63) is 39.3 Å². The number of nitrogens with one attached hydrogen (secondary N) is 1. The fourth-order valence-corrected chi connectivity index (χ4v) is 5.19. The minimum absolute atomic E-state index is 0.0117. The third-order valence-corrected chi connectivity index (χ3v) is 7.00. The lowest BCUT2D eigenvalue weighted by atomic mass is 9.76. The summed E-state index contributed by atoms with van der Waals surface area (Å²) in [4.78, 5) is 42.0. The van der Waals surface area contributed by atoms with Crippen LogP contribution in [-0.2, 0) is 23.6 Å². The maximum Gasteiger partial charge on any atom is 0.272 e. The molecule has 1 spiro atoms. The number of aromatic amines is 1. The number of aryl methyl sites for hydroxylation is 2. The number of amides is 1. The number of carbonyl (C=O) groups is 1. The second-order valence-corrected chi connectivity index (χ2v) is 8.68. The molecule has 5 rings (SSSR count). The molecular weight excluding hydrogens is 384 g/mol. The molecule has 160 valence electrons. The van der Waals surface area contributed by atoms with Crippen LogP contribution in [0.3, 0.4) is 0 Å². The molecule has 2 fully saturated rings. The van der Waals surface area contributed by atoms with Crippen LogP contribution in [0.2, 0.25) is 0 Å². The highest BCUT2D eigenvalue weighted by molar-refractivity contribution is 5.93. The number of anilines is 1. The van der Waals surface area contributed by atoms with Crippen molar-refractivity contribution >= 4 is 11.9 Å². The fraction of sp³-hybridized carbons (Fsp3) is 0.619. The van der Waals surface area contributed by atoms with Gasteiger partial charge in [0, 0.05) is 44.2 Å². The van der Waals surface area contributed by atoms with E-state index in [1.807, 2.05) is 18.9 Å². The number of aromatic nitrogens is 4. The molecule has 2 saturated heterocycles. The van der Waals surface area contributed by atoms with Gasteiger partial charge in [-0.05, 0) is 32.6 Å². The van der Waals surface area contributed by atoms with Gasteiger partial charge in [0.05, 0.1) is 30.9 Å². The molecule has 0 atom stereocenters. The second-order valence-electron chi connectivity index (χ2n) is 8.68. The highest BCUT2D eigenvalue weighted by atomic mass is 16.5. The Morgan fingerprint density at radius 3 is 2.57 bits per heavy atom. The first-order valence-electron chi connectivity index (χ1n) is 10.7. The lowest BCUT2D eigenvalue weighted by Crippen LogP contribution is -2.45. The zero-order valence-corrected chi connectivity index (χ0v) is 17.6. The summed E-state index contributed by atoms with van der Waals surface area (Å²) in [5.41, 5.74) is 3.08. The number of H-pyrrole nitrogens is 1. The Bertz CT molecular complexity index is 1010. The molecule has 4 heterocycles. The van der Waals surface area contributed by atoms with Gasteiger partial charge in [0.1, 0.15) is 5.69 Å². The van der Waals surface area contributed by atoms with E-state index in [1.54, 1.807) is 10.9 Å². The van der Waals surface area contributed by atoms with Crippen molar-refractivity contribution in [2.24, 2.45) is 7.05 Å². The van der Waals surface area contributed by atoms with Gasteiger partial charge in [-0.25, -0.2) is 9.97 Å². The van der Waals surface area contributed by atoms with Gasteiger partial charge in [0.2, 0.25) is 5.95 Å². The van der Waals surface area contributed by atoms with E-state index >= 15 is 0 Å². The summed E-state index contributed by atoms with van der Waals surface area (Å²) in [6.45, 7) is 5.98. The Balaban J connectivity index is 1.39. The molecule has 3 aliphatic rings. The number of nitrogens with zero attached hydrogens (tertiary/aromatic N) is 5.